The minimum absolute atomic E-state index is 0.166. The van der Waals surface area contributed by atoms with Gasteiger partial charge in [-0.3, -0.25) is 4.79 Å². The lowest BCUT2D eigenvalue weighted by atomic mass is 10.2. The summed E-state index contributed by atoms with van der Waals surface area (Å²) in [6.07, 6.45) is 0.733. The van der Waals surface area contributed by atoms with Crippen LogP contribution >= 0.6 is 11.8 Å². The van der Waals surface area contributed by atoms with Gasteiger partial charge in [0.2, 0.25) is 0 Å². The van der Waals surface area contributed by atoms with Crippen LogP contribution in [0.3, 0.4) is 0 Å². The number of hydrogen-bond acceptors (Lipinski definition) is 4. The molecule has 0 bridgehead atoms. The molecule has 3 nitrogen and oxygen atoms in total. The van der Waals surface area contributed by atoms with Crippen LogP contribution in [0.5, 0.6) is 0 Å². The van der Waals surface area contributed by atoms with Gasteiger partial charge < -0.3 is 10.5 Å². The lowest BCUT2D eigenvalue weighted by Gasteiger charge is -2.15. The third-order valence-electron chi connectivity index (χ3n) is 2.47. The number of benzene rings is 1. The number of thioether (sulfide) groups is 1. The molecule has 1 aromatic rings. The number of ether oxygens (including phenoxy) is 1. The van der Waals surface area contributed by atoms with Gasteiger partial charge >= 0.3 is 5.97 Å². The molecule has 2 N–H and O–H groups in total. The molecule has 0 amide bonds. The predicted octanol–water partition coefficient (Wildman–Crippen LogP) is 3.01. The average molecular weight is 253 g/mol. The maximum atomic E-state index is 11.7. The van der Waals surface area contributed by atoms with E-state index in [-0.39, 0.29) is 11.2 Å². The van der Waals surface area contributed by atoms with Crippen LogP contribution in [0.25, 0.3) is 0 Å². The topological polar surface area (TPSA) is 52.3 Å². The van der Waals surface area contributed by atoms with Crippen LogP contribution in [0.1, 0.15) is 25.8 Å². The second kappa shape index (κ2) is 6.55. The third-order valence-corrected chi connectivity index (χ3v) is 3.89. The van der Waals surface area contributed by atoms with Crippen LogP contribution in [0, 0.1) is 6.92 Å². The summed E-state index contributed by atoms with van der Waals surface area (Å²) < 4.78 is 5.04. The van der Waals surface area contributed by atoms with Crippen molar-refractivity contribution in [1.82, 2.24) is 0 Å². The predicted molar refractivity (Wildman–Crippen MR) is 72.2 cm³/mol. The number of anilines is 1. The number of carbonyl (C=O) groups excluding carboxylic acids is 1. The van der Waals surface area contributed by atoms with E-state index < -0.39 is 0 Å². The summed E-state index contributed by atoms with van der Waals surface area (Å²) in [7, 11) is 0. The van der Waals surface area contributed by atoms with Gasteiger partial charge in [-0.25, -0.2) is 0 Å². The van der Waals surface area contributed by atoms with Gasteiger partial charge in [0.25, 0.3) is 0 Å². The molecule has 0 saturated heterocycles. The number of carbonyl (C=O) groups is 1. The summed E-state index contributed by atoms with van der Waals surface area (Å²) in [5, 5.41) is -0.181. The minimum Gasteiger partial charge on any atom is -0.465 e. The second-order valence-electron chi connectivity index (χ2n) is 3.75. The van der Waals surface area contributed by atoms with E-state index in [2.05, 4.69) is 0 Å². The highest BCUT2D eigenvalue weighted by atomic mass is 32.2. The van der Waals surface area contributed by atoms with Gasteiger partial charge in [0.1, 0.15) is 5.25 Å². The molecule has 1 rings (SSSR count). The number of esters is 1. The first-order valence-electron chi connectivity index (χ1n) is 5.78. The first-order valence-corrected chi connectivity index (χ1v) is 6.66. The smallest absolute Gasteiger partial charge is 0.319 e. The zero-order valence-corrected chi connectivity index (χ0v) is 11.3. The van der Waals surface area contributed by atoms with Crippen LogP contribution in [-0.2, 0) is 9.53 Å². The van der Waals surface area contributed by atoms with Crippen LogP contribution in [0.2, 0.25) is 0 Å². The monoisotopic (exact) mass is 253 g/mol. The molecule has 94 valence electrons. The minimum atomic E-state index is -0.181. The molecule has 0 saturated carbocycles. The molecule has 1 aromatic carbocycles. The number of nitrogens with two attached hydrogens (primary N) is 1. The number of rotatable bonds is 5. The Morgan fingerprint density at radius 3 is 2.76 bits per heavy atom. The van der Waals surface area contributed by atoms with Crippen LogP contribution in [-0.4, -0.2) is 17.8 Å². The standard InChI is InChI=1S/C13H19NO2S/c1-4-10(13(15)16-5-2)17-11-8-6-7-9(3)12(11)14/h6-8,10H,4-5,14H2,1-3H3. The van der Waals surface area contributed by atoms with Gasteiger partial charge in [0.05, 0.1) is 6.61 Å². The van der Waals surface area contributed by atoms with Crippen LogP contribution < -0.4 is 5.73 Å². The van der Waals surface area contributed by atoms with Crippen molar-refractivity contribution in [3.63, 3.8) is 0 Å². The summed E-state index contributed by atoms with van der Waals surface area (Å²) in [4.78, 5) is 12.6. The van der Waals surface area contributed by atoms with Gasteiger partial charge in [0, 0.05) is 10.6 Å². The van der Waals surface area contributed by atoms with Gasteiger partial charge in [0.15, 0.2) is 0 Å². The van der Waals surface area contributed by atoms with Crippen molar-refractivity contribution in [2.75, 3.05) is 12.3 Å². The first-order chi connectivity index (χ1) is 8.10. The Bertz CT molecular complexity index is 393. The van der Waals surface area contributed by atoms with E-state index in [1.807, 2.05) is 39.0 Å². The highest BCUT2D eigenvalue weighted by Gasteiger charge is 2.20. The third kappa shape index (κ3) is 3.66. The molecular formula is C13H19NO2S. The van der Waals surface area contributed by atoms with E-state index in [1.54, 1.807) is 0 Å². The Balaban J connectivity index is 2.80. The Kier molecular flexibility index (Phi) is 5.35. The fourth-order valence-corrected chi connectivity index (χ4v) is 2.53. The lowest BCUT2D eigenvalue weighted by Crippen LogP contribution is -2.19. The summed E-state index contributed by atoms with van der Waals surface area (Å²) in [6, 6.07) is 5.85. The van der Waals surface area contributed by atoms with Crippen molar-refractivity contribution >= 4 is 23.4 Å². The van der Waals surface area contributed by atoms with Crippen molar-refractivity contribution in [3.8, 4) is 0 Å². The van der Waals surface area contributed by atoms with Gasteiger partial charge in [-0.15, -0.1) is 11.8 Å². The number of para-hydroxylation sites is 1. The van der Waals surface area contributed by atoms with Gasteiger partial charge in [-0.1, -0.05) is 19.1 Å². The van der Waals surface area contributed by atoms with Crippen LogP contribution in [0.15, 0.2) is 23.1 Å². The molecular weight excluding hydrogens is 234 g/mol. The Morgan fingerprint density at radius 2 is 2.18 bits per heavy atom. The van der Waals surface area contributed by atoms with E-state index in [1.165, 1.54) is 11.8 Å². The number of hydrogen-bond donors (Lipinski definition) is 1. The first kappa shape index (κ1) is 13.9. The molecule has 4 heteroatoms. The zero-order chi connectivity index (χ0) is 12.8. The molecule has 0 radical (unpaired) electrons. The second-order valence-corrected chi connectivity index (χ2v) is 5.00. The van der Waals surface area contributed by atoms with Gasteiger partial charge in [-0.2, -0.15) is 0 Å². The van der Waals surface area contributed by atoms with Crippen molar-refractivity contribution < 1.29 is 9.53 Å². The normalized spacial score (nSPS) is 12.2. The molecule has 17 heavy (non-hydrogen) atoms. The maximum Gasteiger partial charge on any atom is 0.319 e. The van der Waals surface area contributed by atoms with E-state index in [9.17, 15) is 4.79 Å². The van der Waals surface area contributed by atoms with E-state index in [0.29, 0.717) is 6.61 Å². The molecule has 0 aromatic heterocycles. The molecule has 0 aliphatic carbocycles. The largest absolute Gasteiger partial charge is 0.465 e. The Hall–Kier alpha value is -1.16. The molecule has 1 unspecified atom stereocenters. The van der Waals surface area contributed by atoms with Crippen LogP contribution in [0.4, 0.5) is 5.69 Å². The van der Waals surface area contributed by atoms with Gasteiger partial charge in [-0.05, 0) is 31.9 Å². The maximum absolute atomic E-state index is 11.7. The van der Waals surface area contributed by atoms with Crippen molar-refractivity contribution in [2.24, 2.45) is 0 Å². The van der Waals surface area contributed by atoms with Crippen molar-refractivity contribution in [3.05, 3.63) is 23.8 Å². The summed E-state index contributed by atoms with van der Waals surface area (Å²) in [5.41, 5.74) is 7.77. The summed E-state index contributed by atoms with van der Waals surface area (Å²) >= 11 is 1.48. The van der Waals surface area contributed by atoms with E-state index in [0.717, 1.165) is 22.6 Å². The van der Waals surface area contributed by atoms with E-state index >= 15 is 0 Å². The molecule has 0 aliphatic heterocycles. The highest BCUT2D eigenvalue weighted by molar-refractivity contribution is 8.00. The van der Waals surface area contributed by atoms with E-state index in [4.69, 9.17) is 10.5 Å². The number of nitrogen functional groups attached to an aromatic ring is 1. The fourth-order valence-electron chi connectivity index (χ4n) is 1.44. The lowest BCUT2D eigenvalue weighted by molar-refractivity contribution is -0.142. The Labute approximate surface area is 107 Å². The highest BCUT2D eigenvalue weighted by Crippen LogP contribution is 2.32. The molecule has 0 fully saturated rings. The molecule has 0 spiro atoms. The zero-order valence-electron chi connectivity index (χ0n) is 10.5. The quantitative estimate of drug-likeness (QED) is 0.498. The molecule has 1 atom stereocenters. The fraction of sp³-hybridized carbons (Fsp3) is 0.462. The molecule has 0 aliphatic rings. The van der Waals surface area contributed by atoms with Crippen molar-refractivity contribution in [1.29, 1.82) is 0 Å². The Morgan fingerprint density at radius 1 is 1.47 bits per heavy atom. The molecule has 0 heterocycles. The van der Waals surface area contributed by atoms with Crippen molar-refractivity contribution in [2.45, 2.75) is 37.3 Å². The number of aryl methyl sites for hydroxylation is 1. The summed E-state index contributed by atoms with van der Waals surface area (Å²) in [5.74, 6) is -0.166. The SMILES string of the molecule is CCOC(=O)C(CC)Sc1cccc(C)c1N. The average Bonchev–Trinajstić information content (AvgIpc) is 2.31. The summed E-state index contributed by atoms with van der Waals surface area (Å²) in [6.45, 7) is 6.17.